The average molecular weight is 298 g/mol. The average Bonchev–Trinajstić information content (AvgIpc) is 2.69. The minimum Gasteiger partial charge on any atom is -0.481 e. The summed E-state index contributed by atoms with van der Waals surface area (Å²) in [5.74, 6) is -0.862. The maximum atomic E-state index is 11.0. The van der Waals surface area contributed by atoms with Crippen LogP contribution in [0.1, 0.15) is 25.6 Å². The summed E-state index contributed by atoms with van der Waals surface area (Å²) in [6.45, 7) is 3.52. The highest BCUT2D eigenvalue weighted by Gasteiger charge is 2.25. The Labute approximate surface area is 107 Å². The fourth-order valence-corrected chi connectivity index (χ4v) is 1.97. The molecule has 0 saturated carbocycles. The van der Waals surface area contributed by atoms with Crippen molar-refractivity contribution in [2.45, 2.75) is 19.8 Å². The monoisotopic (exact) mass is 297 g/mol. The van der Waals surface area contributed by atoms with Crippen LogP contribution in [0.3, 0.4) is 0 Å². The lowest BCUT2D eigenvalue weighted by Gasteiger charge is -2.13. The predicted molar refractivity (Wildman–Crippen MR) is 65.9 cm³/mol. The molecule has 2 aromatic heterocycles. The van der Waals surface area contributed by atoms with Crippen LogP contribution in [-0.2, 0) is 4.79 Å². The first-order valence-corrected chi connectivity index (χ1v) is 6.03. The molecule has 0 aliphatic rings. The Kier molecular flexibility index (Phi) is 3.15. The number of rotatable bonds is 3. The maximum Gasteiger partial charge on any atom is 0.306 e. The Morgan fingerprint density at radius 2 is 2.12 bits per heavy atom. The smallest absolute Gasteiger partial charge is 0.306 e. The van der Waals surface area contributed by atoms with E-state index in [2.05, 4.69) is 26.1 Å². The summed E-state index contributed by atoms with van der Waals surface area (Å²) < 4.78 is 2.72. The molecule has 0 bridgehead atoms. The van der Waals surface area contributed by atoms with Crippen LogP contribution in [0.25, 0.3) is 5.65 Å². The molecular formula is C11H12BrN3O2. The molecule has 0 fully saturated rings. The summed E-state index contributed by atoms with van der Waals surface area (Å²) in [5, 5.41) is 17.1. The zero-order valence-corrected chi connectivity index (χ0v) is 11.0. The predicted octanol–water partition coefficient (Wildman–Crippen LogP) is 2.32. The van der Waals surface area contributed by atoms with Gasteiger partial charge in [-0.1, -0.05) is 13.8 Å². The summed E-state index contributed by atoms with van der Waals surface area (Å²) in [7, 11) is 0. The number of carbonyl (C=O) groups is 1. The number of hydrogen-bond donors (Lipinski definition) is 1. The first-order chi connectivity index (χ1) is 8.00. The van der Waals surface area contributed by atoms with Crippen LogP contribution in [-0.4, -0.2) is 25.7 Å². The molecule has 90 valence electrons. The molecule has 2 aromatic rings. The molecule has 0 spiro atoms. The van der Waals surface area contributed by atoms with Gasteiger partial charge in [-0.3, -0.25) is 9.20 Å². The third-order valence-electron chi connectivity index (χ3n) is 2.94. The number of fused-ring (bicyclic) bond motifs is 1. The van der Waals surface area contributed by atoms with Gasteiger partial charge in [-0.15, -0.1) is 10.2 Å². The highest BCUT2D eigenvalue weighted by molar-refractivity contribution is 9.10. The van der Waals surface area contributed by atoms with Crippen molar-refractivity contribution in [2.75, 3.05) is 0 Å². The SMILES string of the molecule is CC(C(=O)O)C(C)c1nnc2ccc(Br)cn12. The lowest BCUT2D eigenvalue weighted by Crippen LogP contribution is -2.18. The van der Waals surface area contributed by atoms with E-state index in [0.29, 0.717) is 11.5 Å². The zero-order chi connectivity index (χ0) is 12.6. The Morgan fingerprint density at radius 1 is 1.41 bits per heavy atom. The lowest BCUT2D eigenvalue weighted by atomic mass is 9.95. The number of nitrogens with zero attached hydrogens (tertiary/aromatic N) is 3. The van der Waals surface area contributed by atoms with Crippen molar-refractivity contribution >= 4 is 27.5 Å². The molecule has 2 atom stereocenters. The van der Waals surface area contributed by atoms with Gasteiger partial charge in [0, 0.05) is 16.6 Å². The van der Waals surface area contributed by atoms with Crippen LogP contribution in [0, 0.1) is 5.92 Å². The normalized spacial score (nSPS) is 14.8. The minimum absolute atomic E-state index is 0.197. The topological polar surface area (TPSA) is 67.5 Å². The van der Waals surface area contributed by atoms with Gasteiger partial charge >= 0.3 is 5.97 Å². The Balaban J connectivity index is 2.48. The fraction of sp³-hybridized carbons (Fsp3) is 0.364. The molecular weight excluding hydrogens is 286 g/mol. The van der Waals surface area contributed by atoms with Crippen LogP contribution in [0.15, 0.2) is 22.8 Å². The number of carboxylic acids is 1. The van der Waals surface area contributed by atoms with E-state index >= 15 is 0 Å². The number of hydrogen-bond acceptors (Lipinski definition) is 3. The van der Waals surface area contributed by atoms with Gasteiger partial charge in [-0.05, 0) is 28.1 Å². The quantitative estimate of drug-likeness (QED) is 0.944. The number of halogens is 1. The van der Waals surface area contributed by atoms with E-state index < -0.39 is 11.9 Å². The summed E-state index contributed by atoms with van der Waals surface area (Å²) in [6.07, 6.45) is 1.84. The molecule has 0 radical (unpaired) electrons. The minimum atomic E-state index is -0.829. The van der Waals surface area contributed by atoms with Crippen molar-refractivity contribution in [1.82, 2.24) is 14.6 Å². The second-order valence-corrected chi connectivity index (χ2v) is 4.96. The van der Waals surface area contributed by atoms with Crippen LogP contribution in [0.2, 0.25) is 0 Å². The van der Waals surface area contributed by atoms with Crippen molar-refractivity contribution in [3.05, 3.63) is 28.6 Å². The van der Waals surface area contributed by atoms with Gasteiger partial charge in [0.25, 0.3) is 0 Å². The van der Waals surface area contributed by atoms with Gasteiger partial charge in [-0.25, -0.2) is 0 Å². The molecule has 2 rings (SSSR count). The van der Waals surface area contributed by atoms with Crippen LogP contribution >= 0.6 is 15.9 Å². The fourth-order valence-electron chi connectivity index (χ4n) is 1.63. The molecule has 5 nitrogen and oxygen atoms in total. The van der Waals surface area contributed by atoms with Crippen molar-refractivity contribution < 1.29 is 9.90 Å². The number of aliphatic carboxylic acids is 1. The second-order valence-electron chi connectivity index (χ2n) is 4.05. The van der Waals surface area contributed by atoms with Gasteiger partial charge in [0.2, 0.25) is 0 Å². The van der Waals surface area contributed by atoms with E-state index in [9.17, 15) is 4.79 Å². The van der Waals surface area contributed by atoms with E-state index in [0.717, 1.165) is 4.47 Å². The van der Waals surface area contributed by atoms with E-state index in [1.165, 1.54) is 0 Å². The first-order valence-electron chi connectivity index (χ1n) is 5.23. The van der Waals surface area contributed by atoms with E-state index in [4.69, 9.17) is 5.11 Å². The molecule has 6 heteroatoms. The van der Waals surface area contributed by atoms with Gasteiger partial charge in [-0.2, -0.15) is 0 Å². The molecule has 1 N–H and O–H groups in total. The second kappa shape index (κ2) is 4.44. The third-order valence-corrected chi connectivity index (χ3v) is 3.41. The molecule has 0 saturated heterocycles. The summed E-state index contributed by atoms with van der Waals surface area (Å²) in [5.41, 5.74) is 0.715. The summed E-state index contributed by atoms with van der Waals surface area (Å²) in [6, 6.07) is 3.71. The molecule has 0 aromatic carbocycles. The molecule has 2 heterocycles. The number of carboxylic acid groups (broad SMARTS) is 1. The van der Waals surface area contributed by atoms with Crippen LogP contribution < -0.4 is 0 Å². The van der Waals surface area contributed by atoms with E-state index in [-0.39, 0.29) is 5.92 Å². The first kappa shape index (κ1) is 12.0. The Hall–Kier alpha value is -1.43. The molecule has 17 heavy (non-hydrogen) atoms. The maximum absolute atomic E-state index is 11.0. The van der Waals surface area contributed by atoms with E-state index in [1.54, 1.807) is 6.92 Å². The van der Waals surface area contributed by atoms with Gasteiger partial charge in [0.1, 0.15) is 5.82 Å². The van der Waals surface area contributed by atoms with Crippen LogP contribution in [0.5, 0.6) is 0 Å². The van der Waals surface area contributed by atoms with Crippen LogP contribution in [0.4, 0.5) is 0 Å². The number of pyridine rings is 1. The molecule has 0 aliphatic heterocycles. The Bertz CT molecular complexity index is 567. The van der Waals surface area contributed by atoms with E-state index in [1.807, 2.05) is 29.7 Å². The highest BCUT2D eigenvalue weighted by atomic mass is 79.9. The Morgan fingerprint density at radius 3 is 2.76 bits per heavy atom. The highest BCUT2D eigenvalue weighted by Crippen LogP contribution is 2.24. The van der Waals surface area contributed by atoms with Gasteiger partial charge < -0.3 is 5.11 Å². The summed E-state index contributed by atoms with van der Waals surface area (Å²) >= 11 is 3.37. The van der Waals surface area contributed by atoms with Gasteiger partial charge in [0.05, 0.1) is 5.92 Å². The third kappa shape index (κ3) is 2.17. The van der Waals surface area contributed by atoms with Crippen molar-refractivity contribution in [3.8, 4) is 0 Å². The summed E-state index contributed by atoms with van der Waals surface area (Å²) in [4.78, 5) is 11.0. The molecule has 2 unspecified atom stereocenters. The van der Waals surface area contributed by atoms with Crippen molar-refractivity contribution in [1.29, 1.82) is 0 Å². The van der Waals surface area contributed by atoms with Gasteiger partial charge in [0.15, 0.2) is 5.65 Å². The zero-order valence-electron chi connectivity index (χ0n) is 9.46. The standard InChI is InChI=1S/C11H12BrN3O2/c1-6(7(2)11(16)17)10-14-13-9-4-3-8(12)5-15(9)10/h3-7H,1-2H3,(H,16,17). The largest absolute Gasteiger partial charge is 0.481 e. The molecule has 0 amide bonds. The lowest BCUT2D eigenvalue weighted by molar-refractivity contribution is -0.141. The number of aromatic nitrogens is 3. The van der Waals surface area contributed by atoms with Crippen molar-refractivity contribution in [3.63, 3.8) is 0 Å². The van der Waals surface area contributed by atoms with Crippen molar-refractivity contribution in [2.24, 2.45) is 5.92 Å². The molecule has 0 aliphatic carbocycles.